The molecular formula is C25H24BrN7O2. The van der Waals surface area contributed by atoms with Gasteiger partial charge in [0.15, 0.2) is 0 Å². The number of nitriles is 2. The lowest BCUT2D eigenvalue weighted by atomic mass is 9.78. The zero-order valence-electron chi connectivity index (χ0n) is 19.9. The minimum atomic E-state index is -0.740. The van der Waals surface area contributed by atoms with E-state index < -0.39 is 11.0 Å². The average Bonchev–Trinajstić information content (AvgIpc) is 3.28. The van der Waals surface area contributed by atoms with Crippen LogP contribution in [-0.4, -0.2) is 56.4 Å². The van der Waals surface area contributed by atoms with Gasteiger partial charge in [0.1, 0.15) is 17.5 Å². The maximum absolute atomic E-state index is 12.8. The summed E-state index contributed by atoms with van der Waals surface area (Å²) >= 11 is 3.51. The Morgan fingerprint density at radius 1 is 1.29 bits per heavy atom. The fourth-order valence-electron chi connectivity index (χ4n) is 5.05. The number of carbonyl (C=O) groups is 1. The molecule has 2 saturated heterocycles. The fourth-order valence-corrected chi connectivity index (χ4v) is 5.47. The molecule has 3 aromatic rings. The normalized spacial score (nSPS) is 23.4. The first-order valence-corrected chi connectivity index (χ1v) is 12.0. The standard InChI is InChI=1S/C25H24BrN7O2/c1-24(2,3)35-23(34)32-14-25(4,13-28)22-19(32)12-31(22)20-6-5-15(9-29-20)18-7-17(26)11-33-21(18)16(8-27)10-30-33/h5-7,9-11,19,22H,12,14H2,1-4H3/t19-,22+,25?/m0/s1. The summed E-state index contributed by atoms with van der Waals surface area (Å²) in [6.07, 6.45) is 4.73. The number of hydrogen-bond acceptors (Lipinski definition) is 7. The molecule has 1 amide bonds. The Hall–Kier alpha value is -3.63. The van der Waals surface area contributed by atoms with Gasteiger partial charge in [0, 0.05) is 41.1 Å². The van der Waals surface area contributed by atoms with E-state index in [-0.39, 0.29) is 18.2 Å². The molecule has 5 heterocycles. The number of hydrogen-bond donors (Lipinski definition) is 0. The van der Waals surface area contributed by atoms with Gasteiger partial charge < -0.3 is 9.64 Å². The molecule has 10 heteroatoms. The van der Waals surface area contributed by atoms with E-state index in [1.165, 1.54) is 0 Å². The third-order valence-electron chi connectivity index (χ3n) is 6.57. The molecule has 5 rings (SSSR count). The van der Waals surface area contributed by atoms with Gasteiger partial charge in [-0.25, -0.2) is 14.3 Å². The molecule has 0 spiro atoms. The highest BCUT2D eigenvalue weighted by molar-refractivity contribution is 9.10. The van der Waals surface area contributed by atoms with Crippen molar-refractivity contribution < 1.29 is 9.53 Å². The predicted octanol–water partition coefficient (Wildman–Crippen LogP) is 4.37. The summed E-state index contributed by atoms with van der Waals surface area (Å²) in [5.74, 6) is 0.738. The smallest absolute Gasteiger partial charge is 0.410 e. The van der Waals surface area contributed by atoms with E-state index in [2.05, 4.69) is 38.1 Å². The van der Waals surface area contributed by atoms with Gasteiger partial charge in [-0.2, -0.15) is 15.6 Å². The lowest BCUT2D eigenvalue weighted by Crippen LogP contribution is -2.66. The lowest BCUT2D eigenvalue weighted by Gasteiger charge is -2.49. The van der Waals surface area contributed by atoms with Crippen molar-refractivity contribution in [3.05, 3.63) is 46.8 Å². The van der Waals surface area contributed by atoms with Crippen LogP contribution in [-0.2, 0) is 4.74 Å². The van der Waals surface area contributed by atoms with Gasteiger partial charge in [-0.05, 0) is 61.8 Å². The molecular weight excluding hydrogens is 510 g/mol. The predicted molar refractivity (Wildman–Crippen MR) is 132 cm³/mol. The molecule has 2 aliphatic rings. The van der Waals surface area contributed by atoms with Crippen LogP contribution in [0.5, 0.6) is 0 Å². The number of fused-ring (bicyclic) bond motifs is 2. The monoisotopic (exact) mass is 533 g/mol. The zero-order valence-corrected chi connectivity index (χ0v) is 21.4. The van der Waals surface area contributed by atoms with E-state index >= 15 is 0 Å². The number of likely N-dealkylation sites (tertiary alicyclic amines) is 1. The first-order valence-electron chi connectivity index (χ1n) is 11.3. The number of ether oxygens (including phenoxy) is 1. The summed E-state index contributed by atoms with van der Waals surface area (Å²) in [7, 11) is 0. The van der Waals surface area contributed by atoms with Crippen molar-refractivity contribution in [3.8, 4) is 23.3 Å². The van der Waals surface area contributed by atoms with Gasteiger partial charge in [0.25, 0.3) is 0 Å². The van der Waals surface area contributed by atoms with Crippen LogP contribution in [0.4, 0.5) is 10.6 Å². The van der Waals surface area contributed by atoms with Gasteiger partial charge in [-0.3, -0.25) is 4.90 Å². The number of halogens is 1. The van der Waals surface area contributed by atoms with Gasteiger partial charge in [0.05, 0.1) is 40.8 Å². The third kappa shape index (κ3) is 3.78. The van der Waals surface area contributed by atoms with E-state index in [0.717, 1.165) is 26.9 Å². The van der Waals surface area contributed by atoms with Gasteiger partial charge in [0.2, 0.25) is 0 Å². The van der Waals surface area contributed by atoms with Gasteiger partial charge >= 0.3 is 6.09 Å². The number of pyridine rings is 2. The SMILES string of the molecule is CC(C)(C)OC(=O)N1CC(C)(C#N)[C@H]2[C@@H]1CN2c1ccc(-c2cc(Br)cn3ncc(C#N)c23)cn1. The molecule has 0 bridgehead atoms. The van der Waals surface area contributed by atoms with Crippen LogP contribution in [0.1, 0.15) is 33.3 Å². The van der Waals surface area contributed by atoms with Crippen molar-refractivity contribution in [1.29, 1.82) is 10.5 Å². The van der Waals surface area contributed by atoms with Crippen molar-refractivity contribution in [3.63, 3.8) is 0 Å². The number of rotatable bonds is 2. The van der Waals surface area contributed by atoms with Crippen LogP contribution in [0.2, 0.25) is 0 Å². The van der Waals surface area contributed by atoms with E-state index in [1.807, 2.05) is 45.9 Å². The minimum absolute atomic E-state index is 0.106. The summed E-state index contributed by atoms with van der Waals surface area (Å²) in [5, 5.41) is 23.8. The van der Waals surface area contributed by atoms with Gasteiger partial charge in [-0.15, -0.1) is 0 Å². The highest BCUT2D eigenvalue weighted by Gasteiger charge is 2.61. The van der Waals surface area contributed by atoms with Crippen molar-refractivity contribution in [2.24, 2.45) is 5.41 Å². The second kappa shape index (κ2) is 7.96. The minimum Gasteiger partial charge on any atom is -0.444 e. The summed E-state index contributed by atoms with van der Waals surface area (Å²) < 4.78 is 8.09. The van der Waals surface area contributed by atoms with Crippen LogP contribution in [0, 0.1) is 28.1 Å². The summed E-state index contributed by atoms with van der Waals surface area (Å²) in [4.78, 5) is 21.3. The Labute approximate surface area is 211 Å². The fraction of sp³-hybridized carbons (Fsp3) is 0.400. The number of aromatic nitrogens is 3. The maximum Gasteiger partial charge on any atom is 0.410 e. The van der Waals surface area contributed by atoms with Crippen molar-refractivity contribution in [2.45, 2.75) is 45.4 Å². The van der Waals surface area contributed by atoms with Crippen molar-refractivity contribution >= 4 is 33.4 Å². The molecule has 2 fully saturated rings. The molecule has 0 saturated carbocycles. The third-order valence-corrected chi connectivity index (χ3v) is 7.01. The molecule has 0 aliphatic carbocycles. The first-order chi connectivity index (χ1) is 16.5. The van der Waals surface area contributed by atoms with Crippen LogP contribution in [0.3, 0.4) is 0 Å². The Bertz CT molecular complexity index is 1410. The van der Waals surface area contributed by atoms with Crippen molar-refractivity contribution in [2.75, 3.05) is 18.0 Å². The van der Waals surface area contributed by atoms with E-state index in [4.69, 9.17) is 9.72 Å². The molecule has 0 aromatic carbocycles. The number of anilines is 1. The van der Waals surface area contributed by atoms with E-state index in [9.17, 15) is 15.3 Å². The van der Waals surface area contributed by atoms with Crippen LogP contribution >= 0.6 is 15.9 Å². The largest absolute Gasteiger partial charge is 0.444 e. The number of amides is 1. The second-order valence-corrected chi connectivity index (χ2v) is 11.2. The molecule has 1 unspecified atom stereocenters. The molecule has 178 valence electrons. The Morgan fingerprint density at radius 3 is 2.69 bits per heavy atom. The van der Waals surface area contributed by atoms with Crippen LogP contribution in [0.25, 0.3) is 16.6 Å². The molecule has 3 atom stereocenters. The first kappa shape index (κ1) is 23.1. The molecule has 0 N–H and O–H groups in total. The summed E-state index contributed by atoms with van der Waals surface area (Å²) in [6.45, 7) is 8.29. The summed E-state index contributed by atoms with van der Waals surface area (Å²) in [5.41, 5.74) is 1.55. The zero-order chi connectivity index (χ0) is 25.1. The van der Waals surface area contributed by atoms with E-state index in [1.54, 1.807) is 28.0 Å². The molecule has 2 aliphatic heterocycles. The highest BCUT2D eigenvalue weighted by Crippen LogP contribution is 2.46. The Morgan fingerprint density at radius 2 is 2.06 bits per heavy atom. The lowest BCUT2D eigenvalue weighted by molar-refractivity contribution is 0.0191. The topological polar surface area (TPSA) is 111 Å². The number of nitrogens with zero attached hydrogens (tertiary/aromatic N) is 7. The maximum atomic E-state index is 12.8. The molecule has 9 nitrogen and oxygen atoms in total. The van der Waals surface area contributed by atoms with E-state index in [0.29, 0.717) is 18.7 Å². The second-order valence-electron chi connectivity index (χ2n) is 10.2. The molecule has 35 heavy (non-hydrogen) atoms. The Kier molecular flexibility index (Phi) is 5.26. The van der Waals surface area contributed by atoms with Gasteiger partial charge in [-0.1, -0.05) is 0 Å². The highest BCUT2D eigenvalue weighted by atomic mass is 79.9. The van der Waals surface area contributed by atoms with Crippen LogP contribution < -0.4 is 4.90 Å². The average molecular weight is 534 g/mol. The summed E-state index contributed by atoms with van der Waals surface area (Å²) in [6, 6.07) is 10.2. The molecule has 0 radical (unpaired) electrons. The molecule has 3 aromatic heterocycles. The van der Waals surface area contributed by atoms with Crippen LogP contribution in [0.15, 0.2) is 41.3 Å². The number of carbonyl (C=O) groups excluding carboxylic acids is 1. The quantitative estimate of drug-likeness (QED) is 0.480. The van der Waals surface area contributed by atoms with Crippen molar-refractivity contribution in [1.82, 2.24) is 19.5 Å². The Balaban J connectivity index is 1.43.